The van der Waals surface area contributed by atoms with Gasteiger partial charge in [0.05, 0.1) is 0 Å². The van der Waals surface area contributed by atoms with Crippen LogP contribution in [0.15, 0.2) is 16.6 Å². The van der Waals surface area contributed by atoms with Crippen LogP contribution in [0.2, 0.25) is 0 Å². The molecule has 0 aliphatic heterocycles. The van der Waals surface area contributed by atoms with E-state index in [1.165, 1.54) is 0 Å². The van der Waals surface area contributed by atoms with E-state index in [1.54, 1.807) is 7.05 Å². The van der Waals surface area contributed by atoms with Crippen molar-refractivity contribution in [2.24, 2.45) is 0 Å². The minimum Gasteiger partial charge on any atom is -0.398 e. The maximum absolute atomic E-state index is 5.88. The summed E-state index contributed by atoms with van der Waals surface area (Å²) in [5.41, 5.74) is 8.53. The predicted octanol–water partition coefficient (Wildman–Crippen LogP) is 2.23. The van der Waals surface area contributed by atoms with Crippen molar-refractivity contribution in [2.45, 2.75) is 6.92 Å². The summed E-state index contributed by atoms with van der Waals surface area (Å²) in [5.74, 6) is 0. The van der Waals surface area contributed by atoms with Gasteiger partial charge in [-0.25, -0.2) is 0 Å². The van der Waals surface area contributed by atoms with Crippen molar-refractivity contribution in [2.75, 3.05) is 12.8 Å². The highest BCUT2D eigenvalue weighted by Gasteiger charge is 2.07. The minimum atomic E-state index is 0.668. The van der Waals surface area contributed by atoms with E-state index in [2.05, 4.69) is 21.2 Å². The Kier molecular flexibility index (Phi) is 3.27. The largest absolute Gasteiger partial charge is 0.398 e. The summed E-state index contributed by atoms with van der Waals surface area (Å²) in [6, 6.07) is 3.89. The summed E-state index contributed by atoms with van der Waals surface area (Å²) in [4.78, 5) is 0.668. The number of rotatable bonds is 1. The highest BCUT2D eigenvalue weighted by Crippen LogP contribution is 2.23. The van der Waals surface area contributed by atoms with Gasteiger partial charge in [-0.2, -0.15) is 0 Å². The molecule has 2 nitrogen and oxygen atoms in total. The Morgan fingerprint density at radius 1 is 1.54 bits per heavy atom. The molecule has 0 amide bonds. The van der Waals surface area contributed by atoms with Crippen molar-refractivity contribution in [3.8, 4) is 0 Å². The van der Waals surface area contributed by atoms with Crippen molar-refractivity contribution >= 4 is 38.8 Å². The Labute approximate surface area is 91.6 Å². The first-order valence-corrected chi connectivity index (χ1v) is 5.04. The molecular weight excluding hydrogens is 248 g/mol. The number of halogens is 1. The van der Waals surface area contributed by atoms with Gasteiger partial charge < -0.3 is 11.1 Å². The van der Waals surface area contributed by atoms with E-state index in [9.17, 15) is 0 Å². The van der Waals surface area contributed by atoms with E-state index >= 15 is 0 Å². The summed E-state index contributed by atoms with van der Waals surface area (Å²) < 4.78 is 0.992. The molecule has 4 heteroatoms. The van der Waals surface area contributed by atoms with Gasteiger partial charge in [-0.05, 0) is 24.6 Å². The van der Waals surface area contributed by atoms with Crippen molar-refractivity contribution < 1.29 is 0 Å². The van der Waals surface area contributed by atoms with Crippen LogP contribution in [0.5, 0.6) is 0 Å². The molecule has 0 spiro atoms. The zero-order valence-electron chi connectivity index (χ0n) is 7.52. The normalized spacial score (nSPS) is 9.77. The number of nitrogens with one attached hydrogen (secondary N) is 1. The summed E-state index contributed by atoms with van der Waals surface area (Å²) in [5, 5.41) is 2.91. The average Bonchev–Trinajstić information content (AvgIpc) is 2.10. The Morgan fingerprint density at radius 3 is 2.69 bits per heavy atom. The fourth-order valence-electron chi connectivity index (χ4n) is 1.08. The van der Waals surface area contributed by atoms with Crippen LogP contribution in [0.3, 0.4) is 0 Å². The third-order valence-corrected chi connectivity index (χ3v) is 2.71. The molecule has 0 saturated carbocycles. The van der Waals surface area contributed by atoms with Crippen LogP contribution < -0.4 is 11.1 Å². The molecule has 1 aromatic carbocycles. The second kappa shape index (κ2) is 4.07. The van der Waals surface area contributed by atoms with E-state index in [-0.39, 0.29) is 0 Å². The van der Waals surface area contributed by atoms with Gasteiger partial charge in [-0.3, -0.25) is 0 Å². The first kappa shape index (κ1) is 10.5. The van der Waals surface area contributed by atoms with Crippen LogP contribution in [0.1, 0.15) is 11.1 Å². The van der Waals surface area contributed by atoms with Crippen LogP contribution in [0.25, 0.3) is 0 Å². The molecule has 0 aliphatic rings. The minimum absolute atomic E-state index is 0.668. The van der Waals surface area contributed by atoms with E-state index in [4.69, 9.17) is 18.0 Å². The fourth-order valence-corrected chi connectivity index (χ4v) is 1.82. The molecule has 0 heterocycles. The van der Waals surface area contributed by atoms with Gasteiger partial charge in [0.1, 0.15) is 4.99 Å². The van der Waals surface area contributed by atoms with Crippen LogP contribution in [-0.4, -0.2) is 12.0 Å². The molecule has 0 aliphatic carbocycles. The van der Waals surface area contributed by atoms with Gasteiger partial charge in [0.25, 0.3) is 0 Å². The zero-order chi connectivity index (χ0) is 10.0. The summed E-state index contributed by atoms with van der Waals surface area (Å²) >= 11 is 8.52. The maximum atomic E-state index is 5.88. The van der Waals surface area contributed by atoms with E-state index in [0.717, 1.165) is 21.3 Å². The van der Waals surface area contributed by atoms with E-state index in [0.29, 0.717) is 4.99 Å². The zero-order valence-corrected chi connectivity index (χ0v) is 9.92. The number of benzene rings is 1. The third-order valence-electron chi connectivity index (χ3n) is 1.82. The lowest BCUT2D eigenvalue weighted by Crippen LogP contribution is -2.18. The van der Waals surface area contributed by atoms with Crippen molar-refractivity contribution in [3.05, 3.63) is 27.7 Å². The highest BCUT2D eigenvalue weighted by molar-refractivity contribution is 9.10. The van der Waals surface area contributed by atoms with Gasteiger partial charge in [0.2, 0.25) is 0 Å². The van der Waals surface area contributed by atoms with E-state index in [1.807, 2.05) is 19.1 Å². The number of anilines is 1. The highest BCUT2D eigenvalue weighted by atomic mass is 79.9. The molecule has 1 aromatic rings. The molecule has 0 radical (unpaired) electrons. The first-order chi connectivity index (χ1) is 6.06. The summed E-state index contributed by atoms with van der Waals surface area (Å²) in [6.07, 6.45) is 0. The Morgan fingerprint density at radius 2 is 2.15 bits per heavy atom. The third kappa shape index (κ3) is 2.19. The lowest BCUT2D eigenvalue weighted by Gasteiger charge is -2.09. The van der Waals surface area contributed by atoms with Crippen LogP contribution in [-0.2, 0) is 0 Å². The second-order valence-corrected chi connectivity index (χ2v) is 4.09. The number of hydrogen-bond donors (Lipinski definition) is 2. The molecule has 0 fully saturated rings. The van der Waals surface area contributed by atoms with Gasteiger partial charge in [-0.15, -0.1) is 0 Å². The molecule has 0 bridgehead atoms. The number of hydrogen-bond acceptors (Lipinski definition) is 2. The van der Waals surface area contributed by atoms with Gasteiger partial charge in [0, 0.05) is 22.8 Å². The number of nitrogen functional groups attached to an aromatic ring is 1. The number of thiocarbonyl (C=S) groups is 1. The Balaban J connectivity index is 3.28. The lowest BCUT2D eigenvalue weighted by atomic mass is 10.1. The van der Waals surface area contributed by atoms with Crippen molar-refractivity contribution in [1.82, 2.24) is 5.32 Å². The molecule has 13 heavy (non-hydrogen) atoms. The van der Waals surface area contributed by atoms with Crippen LogP contribution >= 0.6 is 28.1 Å². The SMILES string of the molecule is CNC(=S)c1cc(Br)cc(C)c1N. The van der Waals surface area contributed by atoms with Crippen molar-refractivity contribution in [3.63, 3.8) is 0 Å². The molecule has 0 unspecified atom stereocenters. The van der Waals surface area contributed by atoms with Gasteiger partial charge in [-0.1, -0.05) is 28.1 Å². The van der Waals surface area contributed by atoms with Gasteiger partial charge >= 0.3 is 0 Å². The quantitative estimate of drug-likeness (QED) is 0.600. The van der Waals surface area contributed by atoms with E-state index < -0.39 is 0 Å². The number of nitrogens with two attached hydrogens (primary N) is 1. The maximum Gasteiger partial charge on any atom is 0.108 e. The molecule has 70 valence electrons. The monoisotopic (exact) mass is 258 g/mol. The summed E-state index contributed by atoms with van der Waals surface area (Å²) in [6.45, 7) is 1.96. The molecule has 0 aromatic heterocycles. The average molecular weight is 259 g/mol. The molecule has 0 saturated heterocycles. The van der Waals surface area contributed by atoms with Crippen LogP contribution in [0.4, 0.5) is 5.69 Å². The molecule has 1 rings (SSSR count). The smallest absolute Gasteiger partial charge is 0.108 e. The van der Waals surface area contributed by atoms with Crippen molar-refractivity contribution in [1.29, 1.82) is 0 Å². The molecule has 0 atom stereocenters. The molecule has 3 N–H and O–H groups in total. The first-order valence-electron chi connectivity index (χ1n) is 3.84. The standard InChI is InChI=1S/C9H11BrN2S/c1-5-3-6(10)4-7(8(5)11)9(13)12-2/h3-4H,11H2,1-2H3,(H,12,13). The van der Waals surface area contributed by atoms with Gasteiger partial charge in [0.15, 0.2) is 0 Å². The summed E-state index contributed by atoms with van der Waals surface area (Å²) in [7, 11) is 1.79. The fraction of sp³-hybridized carbons (Fsp3) is 0.222. The topological polar surface area (TPSA) is 38.0 Å². The lowest BCUT2D eigenvalue weighted by molar-refractivity contribution is 1.20. The molecular formula is C9H11BrN2S. The Bertz CT molecular complexity index is 350. The number of aryl methyl sites for hydroxylation is 1. The second-order valence-electron chi connectivity index (χ2n) is 2.76. The predicted molar refractivity (Wildman–Crippen MR) is 64.1 cm³/mol. The van der Waals surface area contributed by atoms with Crippen LogP contribution in [0, 0.1) is 6.92 Å². The Hall–Kier alpha value is -0.610.